The van der Waals surface area contributed by atoms with Gasteiger partial charge in [-0.3, -0.25) is 4.79 Å². The lowest BCUT2D eigenvalue weighted by Crippen LogP contribution is -2.55. The van der Waals surface area contributed by atoms with Crippen LogP contribution >= 0.6 is 0 Å². The van der Waals surface area contributed by atoms with Crippen LogP contribution in [-0.4, -0.2) is 88.6 Å². The van der Waals surface area contributed by atoms with Crippen LogP contribution in [0.4, 0.5) is 19.2 Å². The molecule has 2 heterocycles. The van der Waals surface area contributed by atoms with Crippen LogP contribution in [0.3, 0.4) is 0 Å². The van der Waals surface area contributed by atoms with Gasteiger partial charge in [0.1, 0.15) is 31.5 Å². The highest BCUT2D eigenvalue weighted by Gasteiger charge is 2.52. The van der Waals surface area contributed by atoms with Crippen LogP contribution < -0.4 is 10.6 Å². The van der Waals surface area contributed by atoms with Gasteiger partial charge in [-0.1, -0.05) is 91.0 Å². The maximum Gasteiger partial charge on any atom is 0.429 e. The smallest absolute Gasteiger partial charge is 0.429 e. The van der Waals surface area contributed by atoms with Gasteiger partial charge in [-0.2, -0.15) is 0 Å². The summed E-state index contributed by atoms with van der Waals surface area (Å²) in [5.74, 6) is -0.386. The number of carbonyl (C=O) groups is 5. The molecule has 0 spiro atoms. The Hall–Kier alpha value is -5.79. The van der Waals surface area contributed by atoms with Gasteiger partial charge in [0.2, 0.25) is 5.91 Å². The lowest BCUT2D eigenvalue weighted by molar-refractivity contribution is -0.135. The number of piperidine rings is 1. The van der Waals surface area contributed by atoms with Crippen LogP contribution in [-0.2, 0) is 43.6 Å². The quantitative estimate of drug-likeness (QED) is 0.155. The minimum Gasteiger partial charge on any atom is -0.445 e. The fourth-order valence-corrected chi connectivity index (χ4v) is 6.34. The molecular weight excluding hydrogens is 694 g/mol. The van der Waals surface area contributed by atoms with Gasteiger partial charge in [-0.25, -0.2) is 29.2 Å². The van der Waals surface area contributed by atoms with E-state index in [1.165, 1.54) is 10.0 Å². The number of hydrogen-bond acceptors (Lipinski definition) is 9. The van der Waals surface area contributed by atoms with E-state index >= 15 is 0 Å². The number of rotatable bonds is 13. The molecule has 2 aliphatic rings. The Morgan fingerprint density at radius 3 is 1.59 bits per heavy atom. The van der Waals surface area contributed by atoms with Crippen LogP contribution in [0.15, 0.2) is 91.0 Å². The van der Waals surface area contributed by atoms with Crippen LogP contribution in [0.25, 0.3) is 0 Å². The number of alkyl carbamates (subject to hydrolysis) is 2. The van der Waals surface area contributed by atoms with E-state index in [9.17, 15) is 24.0 Å². The Morgan fingerprint density at radius 2 is 1.13 bits per heavy atom. The lowest BCUT2D eigenvalue weighted by Gasteiger charge is -2.33. The van der Waals surface area contributed by atoms with E-state index in [0.29, 0.717) is 25.8 Å². The summed E-state index contributed by atoms with van der Waals surface area (Å²) in [5, 5.41) is 7.96. The van der Waals surface area contributed by atoms with Crippen molar-refractivity contribution in [1.29, 1.82) is 0 Å². The molecular formula is C40H49N5O9. The summed E-state index contributed by atoms with van der Waals surface area (Å²) in [6.45, 7) is 5.80. The molecule has 2 bridgehead atoms. The third kappa shape index (κ3) is 11.6. The third-order valence-electron chi connectivity index (χ3n) is 8.82. The van der Waals surface area contributed by atoms with Gasteiger partial charge in [-0.05, 0) is 63.1 Å². The number of carbonyl (C=O) groups excluding carboxylic acids is 5. The molecule has 2 N–H and O–H groups in total. The highest BCUT2D eigenvalue weighted by molar-refractivity contribution is 5.86. The summed E-state index contributed by atoms with van der Waals surface area (Å²) in [4.78, 5) is 68.1. The first kappa shape index (κ1) is 39.4. The number of hydrazine groups is 1. The van der Waals surface area contributed by atoms with Gasteiger partial charge >= 0.3 is 24.4 Å². The van der Waals surface area contributed by atoms with E-state index in [1.807, 2.05) is 91.0 Å². The fourth-order valence-electron chi connectivity index (χ4n) is 6.34. The highest BCUT2D eigenvalue weighted by Crippen LogP contribution is 2.33. The number of ether oxygens (including phenoxy) is 4. The lowest BCUT2D eigenvalue weighted by atomic mass is 10.0. The average molecular weight is 744 g/mol. The normalized spacial score (nSPS) is 16.9. The van der Waals surface area contributed by atoms with Gasteiger partial charge in [0, 0.05) is 19.6 Å². The van der Waals surface area contributed by atoms with Crippen molar-refractivity contribution in [1.82, 2.24) is 25.6 Å². The summed E-state index contributed by atoms with van der Waals surface area (Å²) in [6, 6.07) is 25.5. The number of fused-ring (bicyclic) bond motifs is 2. The molecule has 2 aliphatic heterocycles. The summed E-state index contributed by atoms with van der Waals surface area (Å²) in [6.07, 6.45) is -1.15. The number of nitrogens with zero attached hydrogens (tertiary/aromatic N) is 3. The van der Waals surface area contributed by atoms with E-state index in [1.54, 1.807) is 25.7 Å². The largest absolute Gasteiger partial charge is 0.445 e. The Labute approximate surface area is 315 Å². The van der Waals surface area contributed by atoms with Gasteiger partial charge in [-0.15, -0.1) is 0 Å². The molecule has 3 aromatic rings. The van der Waals surface area contributed by atoms with Crippen molar-refractivity contribution < 1.29 is 42.9 Å². The predicted octanol–water partition coefficient (Wildman–Crippen LogP) is 6.15. The second-order valence-corrected chi connectivity index (χ2v) is 14.2. The molecule has 54 heavy (non-hydrogen) atoms. The number of amides is 5. The summed E-state index contributed by atoms with van der Waals surface area (Å²) >= 11 is 0. The highest BCUT2D eigenvalue weighted by atomic mass is 16.6. The van der Waals surface area contributed by atoms with Crippen molar-refractivity contribution >= 4 is 30.3 Å². The summed E-state index contributed by atoms with van der Waals surface area (Å²) in [7, 11) is 0. The summed E-state index contributed by atoms with van der Waals surface area (Å²) in [5.41, 5.74) is 1.62. The van der Waals surface area contributed by atoms with Crippen molar-refractivity contribution in [3.8, 4) is 0 Å². The molecule has 5 rings (SSSR count). The first-order valence-corrected chi connectivity index (χ1v) is 18.2. The molecule has 0 saturated carbocycles. The number of benzene rings is 3. The van der Waals surface area contributed by atoms with Crippen molar-refractivity contribution in [2.75, 3.05) is 19.6 Å². The monoisotopic (exact) mass is 743 g/mol. The van der Waals surface area contributed by atoms with Crippen molar-refractivity contribution in [3.63, 3.8) is 0 Å². The minimum absolute atomic E-state index is 0.00933. The zero-order chi connectivity index (χ0) is 38.5. The standard InChI is InChI=1S/C40H49N5O9/c1-40(2,3)54-37(48)42-34(21-13-14-22-41-36(47)51-26-29-15-7-4-8-16-29)35(46)43-24-32-23-33(25-43)45(39(50)53-28-31-19-11-6-12-20-31)44(32)38(49)52-27-30-17-9-5-10-18-30/h4-12,15-20,32-34H,13-14,21-28H2,1-3H3,(H,41,47)(H,42,48)/t32-,33+,34-/m0/s1. The molecule has 5 amide bonds. The zero-order valence-corrected chi connectivity index (χ0v) is 31.0. The molecule has 14 nitrogen and oxygen atoms in total. The predicted molar refractivity (Wildman–Crippen MR) is 197 cm³/mol. The molecule has 0 radical (unpaired) electrons. The summed E-state index contributed by atoms with van der Waals surface area (Å²) < 4.78 is 22.1. The molecule has 3 atom stereocenters. The van der Waals surface area contributed by atoms with Gasteiger partial charge in [0.05, 0.1) is 12.1 Å². The van der Waals surface area contributed by atoms with Crippen molar-refractivity contribution in [3.05, 3.63) is 108 Å². The molecule has 0 aromatic heterocycles. The van der Waals surface area contributed by atoms with Crippen LogP contribution in [0.1, 0.15) is 63.1 Å². The number of hydrogen-bond donors (Lipinski definition) is 2. The first-order valence-electron chi connectivity index (χ1n) is 18.2. The molecule has 2 saturated heterocycles. The third-order valence-corrected chi connectivity index (χ3v) is 8.82. The number of unbranched alkanes of at least 4 members (excludes halogenated alkanes) is 1. The second kappa shape index (κ2) is 18.8. The van der Waals surface area contributed by atoms with E-state index in [-0.39, 0.29) is 45.2 Å². The Bertz CT molecular complexity index is 1640. The Kier molecular flexibility index (Phi) is 13.7. The average Bonchev–Trinajstić information content (AvgIpc) is 3.43. The molecule has 0 aliphatic carbocycles. The Balaban J connectivity index is 1.24. The second-order valence-electron chi connectivity index (χ2n) is 14.2. The van der Waals surface area contributed by atoms with Crippen molar-refractivity contribution in [2.24, 2.45) is 0 Å². The van der Waals surface area contributed by atoms with Gasteiger partial charge in [0.15, 0.2) is 0 Å². The molecule has 288 valence electrons. The zero-order valence-electron chi connectivity index (χ0n) is 31.0. The van der Waals surface area contributed by atoms with E-state index in [0.717, 1.165) is 16.7 Å². The van der Waals surface area contributed by atoms with Crippen LogP contribution in [0, 0.1) is 0 Å². The van der Waals surface area contributed by atoms with Gasteiger partial charge < -0.3 is 34.5 Å². The maximum absolute atomic E-state index is 14.2. The van der Waals surface area contributed by atoms with Crippen LogP contribution in [0.5, 0.6) is 0 Å². The van der Waals surface area contributed by atoms with E-state index in [4.69, 9.17) is 18.9 Å². The topological polar surface area (TPSA) is 156 Å². The SMILES string of the molecule is CC(C)(C)OC(=O)N[C@@H](CCCCNC(=O)OCc1ccccc1)C(=O)N1C[C@H]2C[C@@H](C1)N(C(=O)OCc1ccccc1)N2C(=O)OCc1ccccc1. The minimum atomic E-state index is -0.973. The molecule has 2 fully saturated rings. The van der Waals surface area contributed by atoms with Crippen molar-refractivity contribution in [2.45, 2.75) is 90.0 Å². The molecule has 3 aromatic carbocycles. The first-order chi connectivity index (χ1) is 26.0. The maximum atomic E-state index is 14.2. The fraction of sp³-hybridized carbons (Fsp3) is 0.425. The number of nitrogens with one attached hydrogen (secondary N) is 2. The van der Waals surface area contributed by atoms with Gasteiger partial charge in [0.25, 0.3) is 0 Å². The van der Waals surface area contributed by atoms with E-state index in [2.05, 4.69) is 10.6 Å². The van der Waals surface area contributed by atoms with E-state index < -0.39 is 48.1 Å². The van der Waals surface area contributed by atoms with Crippen LogP contribution in [0.2, 0.25) is 0 Å². The molecule has 14 heteroatoms. The Morgan fingerprint density at radius 1 is 0.667 bits per heavy atom. The number of likely N-dealkylation sites (tertiary alicyclic amines) is 1. The molecule has 0 unspecified atom stereocenters.